The SMILES string of the molecule is CCOC(=O)Cc1c(C)n(CC2CCCCC2)c2ccc(OC)cc12. The number of hydrogen-bond donors (Lipinski definition) is 0. The van der Waals surface area contributed by atoms with Crippen LogP contribution in [0.4, 0.5) is 0 Å². The van der Waals surface area contributed by atoms with Crippen molar-refractivity contribution in [1.82, 2.24) is 4.57 Å². The molecule has 1 saturated carbocycles. The number of fused-ring (bicyclic) bond motifs is 1. The second-order valence-corrected chi connectivity index (χ2v) is 7.04. The van der Waals surface area contributed by atoms with Crippen molar-refractivity contribution < 1.29 is 14.3 Å². The van der Waals surface area contributed by atoms with E-state index in [0.717, 1.165) is 29.2 Å². The van der Waals surface area contributed by atoms with Crippen molar-refractivity contribution in [2.24, 2.45) is 5.92 Å². The fourth-order valence-corrected chi connectivity index (χ4v) is 4.10. The summed E-state index contributed by atoms with van der Waals surface area (Å²) in [5.74, 6) is 1.40. The van der Waals surface area contributed by atoms with Crippen LogP contribution in [0, 0.1) is 12.8 Å². The number of aromatic nitrogens is 1. The number of nitrogens with zero attached hydrogens (tertiary/aromatic N) is 1. The van der Waals surface area contributed by atoms with Gasteiger partial charge in [0.05, 0.1) is 20.1 Å². The van der Waals surface area contributed by atoms with E-state index in [0.29, 0.717) is 13.0 Å². The molecule has 1 fully saturated rings. The maximum Gasteiger partial charge on any atom is 0.310 e. The van der Waals surface area contributed by atoms with Gasteiger partial charge in [-0.2, -0.15) is 0 Å². The zero-order valence-electron chi connectivity index (χ0n) is 15.6. The van der Waals surface area contributed by atoms with Crippen LogP contribution in [0.5, 0.6) is 5.75 Å². The van der Waals surface area contributed by atoms with E-state index in [1.165, 1.54) is 43.3 Å². The van der Waals surface area contributed by atoms with Crippen LogP contribution in [-0.4, -0.2) is 24.3 Å². The predicted molar refractivity (Wildman–Crippen MR) is 100 cm³/mol. The monoisotopic (exact) mass is 343 g/mol. The Morgan fingerprint density at radius 2 is 2.00 bits per heavy atom. The molecule has 1 aliphatic rings. The minimum Gasteiger partial charge on any atom is -0.497 e. The lowest BCUT2D eigenvalue weighted by Gasteiger charge is -2.23. The molecule has 0 spiro atoms. The third-order valence-electron chi connectivity index (χ3n) is 5.45. The van der Waals surface area contributed by atoms with Crippen LogP contribution in [0.25, 0.3) is 10.9 Å². The van der Waals surface area contributed by atoms with Gasteiger partial charge in [-0.25, -0.2) is 0 Å². The normalized spacial score (nSPS) is 15.5. The Morgan fingerprint density at radius 3 is 2.68 bits per heavy atom. The third-order valence-corrected chi connectivity index (χ3v) is 5.45. The molecule has 0 aliphatic heterocycles. The zero-order valence-corrected chi connectivity index (χ0v) is 15.6. The van der Waals surface area contributed by atoms with Gasteiger partial charge in [-0.15, -0.1) is 0 Å². The van der Waals surface area contributed by atoms with Gasteiger partial charge in [-0.3, -0.25) is 4.79 Å². The van der Waals surface area contributed by atoms with Gasteiger partial charge in [0.2, 0.25) is 0 Å². The van der Waals surface area contributed by atoms with E-state index in [1.54, 1.807) is 7.11 Å². The van der Waals surface area contributed by atoms with E-state index in [4.69, 9.17) is 9.47 Å². The van der Waals surface area contributed by atoms with Crippen LogP contribution in [0.15, 0.2) is 18.2 Å². The largest absolute Gasteiger partial charge is 0.497 e. The number of rotatable bonds is 6. The lowest BCUT2D eigenvalue weighted by molar-refractivity contribution is -0.142. The zero-order chi connectivity index (χ0) is 17.8. The van der Waals surface area contributed by atoms with Gasteiger partial charge in [0.1, 0.15) is 5.75 Å². The van der Waals surface area contributed by atoms with Crippen LogP contribution in [0.3, 0.4) is 0 Å². The maximum atomic E-state index is 12.1. The van der Waals surface area contributed by atoms with E-state index < -0.39 is 0 Å². The smallest absolute Gasteiger partial charge is 0.310 e. The Kier molecular flexibility index (Phi) is 5.67. The van der Waals surface area contributed by atoms with Crippen molar-refractivity contribution in [3.05, 3.63) is 29.5 Å². The van der Waals surface area contributed by atoms with E-state index >= 15 is 0 Å². The summed E-state index contributed by atoms with van der Waals surface area (Å²) in [6, 6.07) is 6.18. The average Bonchev–Trinajstić information content (AvgIpc) is 2.88. The molecule has 0 radical (unpaired) electrons. The molecular weight excluding hydrogens is 314 g/mol. The summed E-state index contributed by atoms with van der Waals surface area (Å²) < 4.78 is 13.0. The molecule has 0 saturated heterocycles. The highest BCUT2D eigenvalue weighted by Gasteiger charge is 2.21. The molecule has 1 aliphatic carbocycles. The van der Waals surface area contributed by atoms with Crippen LogP contribution >= 0.6 is 0 Å². The number of ether oxygens (including phenoxy) is 2. The van der Waals surface area contributed by atoms with E-state index in [9.17, 15) is 4.79 Å². The Balaban J connectivity index is 2.00. The summed E-state index contributed by atoms with van der Waals surface area (Å²) in [6.07, 6.45) is 6.98. The first-order valence-electron chi connectivity index (χ1n) is 9.45. The molecule has 0 amide bonds. The van der Waals surface area contributed by atoms with Gasteiger partial charge in [0.25, 0.3) is 0 Å². The van der Waals surface area contributed by atoms with Crippen molar-refractivity contribution in [2.75, 3.05) is 13.7 Å². The molecule has 25 heavy (non-hydrogen) atoms. The molecule has 4 nitrogen and oxygen atoms in total. The first-order chi connectivity index (χ1) is 12.1. The lowest BCUT2D eigenvalue weighted by atomic mass is 9.89. The first-order valence-corrected chi connectivity index (χ1v) is 9.45. The average molecular weight is 343 g/mol. The molecule has 4 heteroatoms. The molecule has 0 atom stereocenters. The molecule has 3 rings (SSSR count). The fourth-order valence-electron chi connectivity index (χ4n) is 4.10. The third kappa shape index (κ3) is 3.83. The van der Waals surface area contributed by atoms with Crippen molar-refractivity contribution >= 4 is 16.9 Å². The second-order valence-electron chi connectivity index (χ2n) is 7.04. The summed E-state index contributed by atoms with van der Waals surface area (Å²) in [7, 11) is 1.68. The van der Waals surface area contributed by atoms with Gasteiger partial charge in [0.15, 0.2) is 0 Å². The van der Waals surface area contributed by atoms with Crippen LogP contribution in [-0.2, 0) is 22.5 Å². The van der Waals surface area contributed by atoms with Crippen molar-refractivity contribution in [3.63, 3.8) is 0 Å². The Bertz CT molecular complexity index is 741. The van der Waals surface area contributed by atoms with Crippen LogP contribution in [0.2, 0.25) is 0 Å². The molecular formula is C21H29NO3. The van der Waals surface area contributed by atoms with Gasteiger partial charge in [-0.1, -0.05) is 19.3 Å². The summed E-state index contributed by atoms with van der Waals surface area (Å²) in [5, 5.41) is 1.11. The Labute approximate surface area is 150 Å². The summed E-state index contributed by atoms with van der Waals surface area (Å²) in [6.45, 7) is 5.43. The van der Waals surface area contributed by atoms with Crippen molar-refractivity contribution in [2.45, 2.75) is 58.9 Å². The number of methoxy groups -OCH3 is 1. The molecule has 136 valence electrons. The molecule has 1 heterocycles. The number of esters is 1. The van der Waals surface area contributed by atoms with Crippen molar-refractivity contribution in [1.29, 1.82) is 0 Å². The minimum absolute atomic E-state index is 0.162. The van der Waals surface area contributed by atoms with Gasteiger partial charge < -0.3 is 14.0 Å². The highest BCUT2D eigenvalue weighted by molar-refractivity contribution is 5.90. The Hall–Kier alpha value is -1.97. The molecule has 0 bridgehead atoms. The number of hydrogen-bond acceptors (Lipinski definition) is 3. The molecule has 1 aromatic carbocycles. The Morgan fingerprint density at radius 1 is 1.24 bits per heavy atom. The fraction of sp³-hybridized carbons (Fsp3) is 0.571. The molecule has 0 N–H and O–H groups in total. The van der Waals surface area contributed by atoms with E-state index in [1.807, 2.05) is 19.1 Å². The standard InChI is InChI=1S/C21H29NO3/c1-4-25-21(23)13-18-15(2)22(14-16-8-6-5-7-9-16)20-11-10-17(24-3)12-19(18)20/h10-12,16H,4-9,13-14H2,1-3H3. The predicted octanol–water partition coefficient (Wildman–Crippen LogP) is 4.64. The molecule has 1 aromatic heterocycles. The summed E-state index contributed by atoms with van der Waals surface area (Å²) >= 11 is 0. The van der Waals surface area contributed by atoms with Gasteiger partial charge >= 0.3 is 5.97 Å². The molecule has 2 aromatic rings. The lowest BCUT2D eigenvalue weighted by Crippen LogP contribution is -2.15. The second kappa shape index (κ2) is 7.94. The number of carbonyl (C=O) groups is 1. The maximum absolute atomic E-state index is 12.1. The van der Waals surface area contributed by atoms with Crippen LogP contribution in [0.1, 0.15) is 50.3 Å². The van der Waals surface area contributed by atoms with Gasteiger partial charge in [0, 0.05) is 23.1 Å². The van der Waals surface area contributed by atoms with Crippen LogP contribution < -0.4 is 4.74 Å². The topological polar surface area (TPSA) is 40.5 Å². The minimum atomic E-state index is -0.162. The van der Waals surface area contributed by atoms with Gasteiger partial charge in [-0.05, 0) is 56.4 Å². The highest BCUT2D eigenvalue weighted by Crippen LogP contribution is 2.33. The highest BCUT2D eigenvalue weighted by atomic mass is 16.5. The van der Waals surface area contributed by atoms with E-state index in [2.05, 4.69) is 17.6 Å². The first kappa shape index (κ1) is 17.8. The quantitative estimate of drug-likeness (QED) is 0.717. The molecule has 0 unspecified atom stereocenters. The summed E-state index contributed by atoms with van der Waals surface area (Å²) in [4.78, 5) is 12.1. The van der Waals surface area contributed by atoms with Crippen molar-refractivity contribution in [3.8, 4) is 5.75 Å². The number of carbonyl (C=O) groups excluding carboxylic acids is 1. The summed E-state index contributed by atoms with van der Waals surface area (Å²) in [5.41, 5.74) is 3.45. The number of benzene rings is 1. The van der Waals surface area contributed by atoms with E-state index in [-0.39, 0.29) is 5.97 Å².